The molecule has 1 aliphatic carbocycles. The van der Waals surface area contributed by atoms with E-state index in [1.165, 1.54) is 25.7 Å². The first-order valence-corrected chi connectivity index (χ1v) is 7.61. The fourth-order valence-corrected chi connectivity index (χ4v) is 1.97. The van der Waals surface area contributed by atoms with Crippen molar-refractivity contribution < 1.29 is 4.74 Å². The van der Waals surface area contributed by atoms with Crippen molar-refractivity contribution in [3.63, 3.8) is 0 Å². The highest BCUT2D eigenvalue weighted by atomic mass is 16.5. The molecule has 0 aromatic heterocycles. The molecule has 1 atom stereocenters. The van der Waals surface area contributed by atoms with Crippen molar-refractivity contribution in [2.24, 2.45) is 5.92 Å². The summed E-state index contributed by atoms with van der Waals surface area (Å²) < 4.78 is 5.68. The van der Waals surface area contributed by atoms with Crippen LogP contribution in [0.2, 0.25) is 0 Å². The van der Waals surface area contributed by atoms with Crippen molar-refractivity contribution in [1.82, 2.24) is 10.2 Å². The van der Waals surface area contributed by atoms with Gasteiger partial charge in [-0.1, -0.05) is 13.8 Å². The van der Waals surface area contributed by atoms with Gasteiger partial charge in [0, 0.05) is 25.2 Å². The summed E-state index contributed by atoms with van der Waals surface area (Å²) in [5, 5.41) is 3.47. The zero-order valence-corrected chi connectivity index (χ0v) is 12.7. The number of hydrogen-bond acceptors (Lipinski definition) is 3. The van der Waals surface area contributed by atoms with Crippen molar-refractivity contribution in [3.8, 4) is 0 Å². The van der Waals surface area contributed by atoms with Crippen LogP contribution in [0.4, 0.5) is 0 Å². The van der Waals surface area contributed by atoms with Crippen LogP contribution in [0.5, 0.6) is 0 Å². The van der Waals surface area contributed by atoms with E-state index in [2.05, 4.69) is 38.0 Å². The first-order valence-electron chi connectivity index (χ1n) is 7.61. The van der Waals surface area contributed by atoms with E-state index in [0.717, 1.165) is 32.2 Å². The van der Waals surface area contributed by atoms with Crippen molar-refractivity contribution >= 4 is 0 Å². The van der Waals surface area contributed by atoms with Crippen LogP contribution >= 0.6 is 0 Å². The Bertz CT molecular complexity index is 191. The molecule has 0 aliphatic heterocycles. The summed E-state index contributed by atoms with van der Waals surface area (Å²) >= 11 is 0. The van der Waals surface area contributed by atoms with Gasteiger partial charge in [-0.25, -0.2) is 0 Å². The predicted octanol–water partition coefficient (Wildman–Crippen LogP) is 2.51. The quantitative estimate of drug-likeness (QED) is 0.575. The minimum Gasteiger partial charge on any atom is -0.380 e. The molecule has 18 heavy (non-hydrogen) atoms. The van der Waals surface area contributed by atoms with Crippen LogP contribution < -0.4 is 5.32 Å². The molecule has 1 aliphatic rings. The van der Waals surface area contributed by atoms with Gasteiger partial charge >= 0.3 is 0 Å². The van der Waals surface area contributed by atoms with Crippen LogP contribution in [0.3, 0.4) is 0 Å². The van der Waals surface area contributed by atoms with Crippen LogP contribution in [-0.2, 0) is 4.74 Å². The molecule has 1 rings (SSSR count). The average molecular weight is 256 g/mol. The lowest BCUT2D eigenvalue weighted by atomic mass is 10.1. The van der Waals surface area contributed by atoms with E-state index in [4.69, 9.17) is 4.74 Å². The van der Waals surface area contributed by atoms with Gasteiger partial charge in [-0.15, -0.1) is 0 Å². The average Bonchev–Trinajstić information content (AvgIpc) is 3.13. The zero-order valence-electron chi connectivity index (χ0n) is 12.7. The van der Waals surface area contributed by atoms with Gasteiger partial charge in [-0.05, 0) is 52.1 Å². The van der Waals surface area contributed by atoms with Gasteiger partial charge in [0.15, 0.2) is 0 Å². The first kappa shape index (κ1) is 15.9. The Hall–Kier alpha value is -0.120. The number of hydrogen-bond donors (Lipinski definition) is 1. The molecule has 0 radical (unpaired) electrons. The molecule has 1 fully saturated rings. The summed E-state index contributed by atoms with van der Waals surface area (Å²) in [6.45, 7) is 10.8. The summed E-state index contributed by atoms with van der Waals surface area (Å²) in [5.41, 5.74) is 0. The molecule has 0 amide bonds. The molecular weight excluding hydrogens is 224 g/mol. The highest BCUT2D eigenvalue weighted by Crippen LogP contribution is 2.28. The van der Waals surface area contributed by atoms with Crippen LogP contribution in [0, 0.1) is 5.92 Å². The SMILES string of the molecule is CC(C)NCCCC(C)N(C)CCOCC1CC1. The Kier molecular flexibility index (Phi) is 7.87. The minimum atomic E-state index is 0.605. The Morgan fingerprint density at radius 3 is 2.61 bits per heavy atom. The topological polar surface area (TPSA) is 24.5 Å². The third-order valence-corrected chi connectivity index (χ3v) is 3.74. The second-order valence-corrected chi connectivity index (χ2v) is 6.10. The maximum absolute atomic E-state index is 5.68. The number of rotatable bonds is 11. The van der Waals surface area contributed by atoms with Gasteiger partial charge in [0.1, 0.15) is 0 Å². The molecule has 3 nitrogen and oxygen atoms in total. The number of nitrogens with one attached hydrogen (secondary N) is 1. The lowest BCUT2D eigenvalue weighted by Crippen LogP contribution is -2.33. The lowest BCUT2D eigenvalue weighted by Gasteiger charge is -2.24. The standard InChI is InChI=1S/C15H32N2O/c1-13(2)16-9-5-6-14(3)17(4)10-11-18-12-15-7-8-15/h13-16H,5-12H2,1-4H3. The Labute approximate surface area is 113 Å². The van der Waals surface area contributed by atoms with E-state index in [9.17, 15) is 0 Å². The van der Waals surface area contributed by atoms with Crippen molar-refractivity contribution in [2.45, 2.75) is 58.5 Å². The molecule has 108 valence electrons. The molecule has 0 aromatic carbocycles. The van der Waals surface area contributed by atoms with E-state index >= 15 is 0 Å². The van der Waals surface area contributed by atoms with Crippen LogP contribution in [-0.4, -0.2) is 50.3 Å². The van der Waals surface area contributed by atoms with E-state index in [1.807, 2.05) is 0 Å². The molecule has 0 heterocycles. The lowest BCUT2D eigenvalue weighted by molar-refractivity contribution is 0.0921. The third-order valence-electron chi connectivity index (χ3n) is 3.74. The largest absolute Gasteiger partial charge is 0.380 e. The molecule has 0 bridgehead atoms. The summed E-state index contributed by atoms with van der Waals surface area (Å²) in [4.78, 5) is 2.42. The fourth-order valence-electron chi connectivity index (χ4n) is 1.97. The summed E-state index contributed by atoms with van der Waals surface area (Å²) in [6, 6.07) is 1.26. The fraction of sp³-hybridized carbons (Fsp3) is 1.00. The number of nitrogens with zero attached hydrogens (tertiary/aromatic N) is 1. The normalized spacial score (nSPS) is 17.7. The smallest absolute Gasteiger partial charge is 0.0593 e. The van der Waals surface area contributed by atoms with Gasteiger partial charge in [0.05, 0.1) is 6.61 Å². The van der Waals surface area contributed by atoms with Crippen molar-refractivity contribution in [2.75, 3.05) is 33.4 Å². The highest BCUT2D eigenvalue weighted by Gasteiger charge is 2.21. The van der Waals surface area contributed by atoms with Crippen LogP contribution in [0.15, 0.2) is 0 Å². The molecule has 0 aromatic rings. The maximum Gasteiger partial charge on any atom is 0.0593 e. The van der Waals surface area contributed by atoms with Gasteiger partial charge in [0.2, 0.25) is 0 Å². The first-order chi connectivity index (χ1) is 8.59. The molecule has 1 unspecified atom stereocenters. The van der Waals surface area contributed by atoms with Gasteiger partial charge in [-0.3, -0.25) is 0 Å². The second-order valence-electron chi connectivity index (χ2n) is 6.10. The second kappa shape index (κ2) is 8.89. The summed E-state index contributed by atoms with van der Waals surface area (Å²) in [6.07, 6.45) is 5.29. The Morgan fingerprint density at radius 1 is 1.28 bits per heavy atom. The number of likely N-dealkylation sites (N-methyl/N-ethyl adjacent to an activating group) is 1. The van der Waals surface area contributed by atoms with E-state index in [-0.39, 0.29) is 0 Å². The molecule has 3 heteroatoms. The number of ether oxygens (including phenoxy) is 1. The van der Waals surface area contributed by atoms with E-state index in [0.29, 0.717) is 12.1 Å². The van der Waals surface area contributed by atoms with Crippen molar-refractivity contribution in [3.05, 3.63) is 0 Å². The molecule has 1 N–H and O–H groups in total. The van der Waals surface area contributed by atoms with Gasteiger partial charge < -0.3 is 15.0 Å². The zero-order chi connectivity index (χ0) is 13.4. The predicted molar refractivity (Wildman–Crippen MR) is 78.0 cm³/mol. The molecule has 0 saturated heterocycles. The Balaban J connectivity index is 1.92. The molecule has 0 spiro atoms. The third kappa shape index (κ3) is 8.06. The van der Waals surface area contributed by atoms with E-state index in [1.54, 1.807) is 0 Å². The van der Waals surface area contributed by atoms with Crippen LogP contribution in [0.1, 0.15) is 46.5 Å². The Morgan fingerprint density at radius 2 is 2.00 bits per heavy atom. The monoisotopic (exact) mass is 256 g/mol. The van der Waals surface area contributed by atoms with Crippen molar-refractivity contribution in [1.29, 1.82) is 0 Å². The molecule has 1 saturated carbocycles. The highest BCUT2D eigenvalue weighted by molar-refractivity contribution is 4.72. The molecular formula is C15H32N2O. The summed E-state index contributed by atoms with van der Waals surface area (Å²) in [7, 11) is 2.21. The van der Waals surface area contributed by atoms with Gasteiger partial charge in [-0.2, -0.15) is 0 Å². The minimum absolute atomic E-state index is 0.605. The summed E-state index contributed by atoms with van der Waals surface area (Å²) in [5.74, 6) is 0.884. The maximum atomic E-state index is 5.68. The van der Waals surface area contributed by atoms with Crippen LogP contribution in [0.25, 0.3) is 0 Å². The van der Waals surface area contributed by atoms with E-state index < -0.39 is 0 Å². The van der Waals surface area contributed by atoms with Gasteiger partial charge in [0.25, 0.3) is 0 Å².